The van der Waals surface area contributed by atoms with Crippen molar-refractivity contribution in [1.82, 2.24) is 4.98 Å². The number of pyridine rings is 1. The van der Waals surface area contributed by atoms with E-state index in [9.17, 15) is 9.65 Å². The molecule has 1 aromatic carbocycles. The van der Waals surface area contributed by atoms with E-state index in [2.05, 4.69) is 16.4 Å². The van der Waals surface area contributed by atoms with Crippen LogP contribution in [-0.4, -0.2) is 12.0 Å². The zero-order valence-corrected chi connectivity index (χ0v) is 11.8. The number of hydrogen-bond donors (Lipinski definition) is 1. The van der Waals surface area contributed by atoms with E-state index in [1.807, 2.05) is 0 Å². The molecule has 0 radical (unpaired) electrons. The van der Waals surface area contributed by atoms with Gasteiger partial charge in [0.25, 0.3) is 0 Å². The monoisotopic (exact) mass is 293 g/mol. The molecule has 0 aliphatic carbocycles. The van der Waals surface area contributed by atoms with Gasteiger partial charge in [0.1, 0.15) is 29.0 Å². The van der Waals surface area contributed by atoms with Gasteiger partial charge in [-0.3, -0.25) is 0 Å². The molecule has 0 spiro atoms. The van der Waals surface area contributed by atoms with Gasteiger partial charge in [0, 0.05) is 18.2 Å². The van der Waals surface area contributed by atoms with Crippen molar-refractivity contribution in [2.45, 2.75) is 0 Å². The van der Waals surface area contributed by atoms with Gasteiger partial charge >= 0.3 is 0 Å². The van der Waals surface area contributed by atoms with Crippen LogP contribution in [0.5, 0.6) is 0 Å². The lowest BCUT2D eigenvalue weighted by Gasteiger charge is -2.11. The van der Waals surface area contributed by atoms with Gasteiger partial charge in [0.05, 0.1) is 6.26 Å². The summed E-state index contributed by atoms with van der Waals surface area (Å²) in [6, 6.07) is 13.6. The maximum atomic E-state index is 14.1. The molecule has 0 aliphatic heterocycles. The third kappa shape index (κ3) is 2.31. The summed E-state index contributed by atoms with van der Waals surface area (Å²) in [6.45, 7) is 0. The predicted octanol–water partition coefficient (Wildman–Crippen LogP) is 4.06. The average Bonchev–Trinajstić information content (AvgIpc) is 3.08. The van der Waals surface area contributed by atoms with Gasteiger partial charge in [0.2, 0.25) is 0 Å². The van der Waals surface area contributed by atoms with Crippen LogP contribution in [0.3, 0.4) is 0 Å². The quantitative estimate of drug-likeness (QED) is 0.791. The summed E-state index contributed by atoms with van der Waals surface area (Å²) in [5.74, 6) is 0.547. The Morgan fingerprint density at radius 2 is 2.00 bits per heavy atom. The van der Waals surface area contributed by atoms with Crippen LogP contribution in [0.25, 0.3) is 22.6 Å². The van der Waals surface area contributed by atoms with Gasteiger partial charge in [-0.05, 0) is 24.3 Å². The summed E-state index contributed by atoms with van der Waals surface area (Å²) in [7, 11) is 1.67. The average molecular weight is 293 g/mol. The Hall–Kier alpha value is -3.13. The number of nitriles is 1. The van der Waals surface area contributed by atoms with E-state index in [0.717, 1.165) is 0 Å². The summed E-state index contributed by atoms with van der Waals surface area (Å²) in [5, 5.41) is 12.3. The molecule has 4 nitrogen and oxygen atoms in total. The van der Waals surface area contributed by atoms with Gasteiger partial charge in [-0.15, -0.1) is 0 Å². The molecule has 0 saturated heterocycles. The van der Waals surface area contributed by atoms with Gasteiger partial charge in [-0.25, -0.2) is 9.37 Å². The highest BCUT2D eigenvalue weighted by Gasteiger charge is 2.17. The molecule has 108 valence electrons. The zero-order chi connectivity index (χ0) is 15.5. The number of nitrogens with one attached hydrogen (secondary N) is 1. The fraction of sp³-hybridized carbons (Fsp3) is 0.0588. The standard InChI is InChI=1S/C17H12FN3O/c1-20-17-13(10-19)12(11-5-2-3-6-14(11)18)9-15(21-17)16-7-4-8-22-16/h2-9H,1H3,(H,20,21). The van der Waals surface area contributed by atoms with Gasteiger partial charge < -0.3 is 9.73 Å². The van der Waals surface area contributed by atoms with Crippen LogP contribution in [-0.2, 0) is 0 Å². The number of hydrogen-bond acceptors (Lipinski definition) is 4. The van der Waals surface area contributed by atoms with E-state index >= 15 is 0 Å². The summed E-state index contributed by atoms with van der Waals surface area (Å²) in [6.07, 6.45) is 1.54. The van der Waals surface area contributed by atoms with Crippen molar-refractivity contribution >= 4 is 5.82 Å². The van der Waals surface area contributed by atoms with Crippen molar-refractivity contribution in [3.8, 4) is 28.7 Å². The number of nitrogens with zero attached hydrogens (tertiary/aromatic N) is 2. The first-order valence-corrected chi connectivity index (χ1v) is 6.66. The van der Waals surface area contributed by atoms with E-state index in [4.69, 9.17) is 4.42 Å². The molecule has 0 bridgehead atoms. The number of benzene rings is 1. The second kappa shape index (κ2) is 5.70. The minimum Gasteiger partial charge on any atom is -0.463 e. The second-order valence-electron chi connectivity index (χ2n) is 4.60. The topological polar surface area (TPSA) is 61.9 Å². The van der Waals surface area contributed by atoms with Crippen molar-refractivity contribution in [3.05, 3.63) is 60.1 Å². The molecule has 0 fully saturated rings. The van der Waals surface area contributed by atoms with Crippen LogP contribution in [0.15, 0.2) is 53.1 Å². The van der Waals surface area contributed by atoms with Crippen LogP contribution >= 0.6 is 0 Å². The Morgan fingerprint density at radius 3 is 2.64 bits per heavy atom. The number of aromatic nitrogens is 1. The Labute approximate surface area is 126 Å². The Kier molecular flexibility index (Phi) is 3.58. The van der Waals surface area contributed by atoms with Crippen molar-refractivity contribution < 1.29 is 8.81 Å². The van der Waals surface area contributed by atoms with E-state index in [-0.39, 0.29) is 0 Å². The molecule has 0 saturated carbocycles. The van der Waals surface area contributed by atoms with Crippen LogP contribution < -0.4 is 5.32 Å². The lowest BCUT2D eigenvalue weighted by Crippen LogP contribution is -2.01. The third-order valence-electron chi connectivity index (χ3n) is 3.31. The fourth-order valence-corrected chi connectivity index (χ4v) is 2.28. The number of halogens is 1. The summed E-state index contributed by atoms with van der Waals surface area (Å²) >= 11 is 0. The van der Waals surface area contributed by atoms with Crippen LogP contribution in [0.1, 0.15) is 5.56 Å². The highest BCUT2D eigenvalue weighted by molar-refractivity contribution is 5.80. The molecule has 0 atom stereocenters. The molecule has 0 amide bonds. The number of rotatable bonds is 3. The molecule has 1 N–H and O–H groups in total. The van der Waals surface area contributed by atoms with Crippen molar-refractivity contribution in [2.24, 2.45) is 0 Å². The summed E-state index contributed by atoms with van der Waals surface area (Å²) in [5.41, 5.74) is 1.66. The third-order valence-corrected chi connectivity index (χ3v) is 3.31. The van der Waals surface area contributed by atoms with Gasteiger partial charge in [-0.2, -0.15) is 5.26 Å². The molecule has 2 aromatic heterocycles. The first-order chi connectivity index (χ1) is 10.7. The minimum atomic E-state index is -0.391. The predicted molar refractivity (Wildman–Crippen MR) is 81.6 cm³/mol. The summed E-state index contributed by atoms with van der Waals surface area (Å²) < 4.78 is 19.5. The smallest absolute Gasteiger partial charge is 0.152 e. The molecule has 5 heteroatoms. The van der Waals surface area contributed by atoms with Crippen LogP contribution in [0, 0.1) is 17.1 Å². The van der Waals surface area contributed by atoms with Crippen LogP contribution in [0.4, 0.5) is 10.2 Å². The van der Waals surface area contributed by atoms with Crippen LogP contribution in [0.2, 0.25) is 0 Å². The summed E-state index contributed by atoms with van der Waals surface area (Å²) in [4.78, 5) is 4.37. The van der Waals surface area contributed by atoms with E-state index in [1.165, 1.54) is 12.3 Å². The second-order valence-corrected chi connectivity index (χ2v) is 4.60. The lowest BCUT2D eigenvalue weighted by molar-refractivity contribution is 0.580. The molecule has 3 aromatic rings. The normalized spacial score (nSPS) is 10.2. The van der Waals surface area contributed by atoms with E-state index in [1.54, 1.807) is 43.4 Å². The van der Waals surface area contributed by atoms with Gasteiger partial charge in [-0.1, -0.05) is 18.2 Å². The maximum Gasteiger partial charge on any atom is 0.152 e. The molecular formula is C17H12FN3O. The molecule has 3 rings (SSSR count). The molecule has 2 heterocycles. The largest absolute Gasteiger partial charge is 0.463 e. The van der Waals surface area contributed by atoms with Crippen molar-refractivity contribution in [1.29, 1.82) is 5.26 Å². The van der Waals surface area contributed by atoms with Crippen molar-refractivity contribution in [3.63, 3.8) is 0 Å². The number of furan rings is 1. The highest BCUT2D eigenvalue weighted by atomic mass is 19.1. The molecular weight excluding hydrogens is 281 g/mol. The minimum absolute atomic E-state index is 0.294. The SMILES string of the molecule is CNc1nc(-c2ccco2)cc(-c2ccccc2F)c1C#N. The number of anilines is 1. The molecule has 22 heavy (non-hydrogen) atoms. The Bertz CT molecular complexity index is 851. The Balaban J connectivity index is 2.30. The fourth-order valence-electron chi connectivity index (χ4n) is 2.28. The zero-order valence-electron chi connectivity index (χ0n) is 11.8. The first kappa shape index (κ1) is 13.8. The van der Waals surface area contributed by atoms with Crippen molar-refractivity contribution in [2.75, 3.05) is 12.4 Å². The Morgan fingerprint density at radius 1 is 1.18 bits per heavy atom. The van der Waals surface area contributed by atoms with E-state index in [0.29, 0.717) is 34.0 Å². The molecule has 0 aliphatic rings. The van der Waals surface area contributed by atoms with E-state index < -0.39 is 5.82 Å². The molecule has 0 unspecified atom stereocenters. The lowest BCUT2D eigenvalue weighted by atomic mass is 9.99. The first-order valence-electron chi connectivity index (χ1n) is 6.66. The highest BCUT2D eigenvalue weighted by Crippen LogP contribution is 2.33. The maximum absolute atomic E-state index is 14.1. The van der Waals surface area contributed by atoms with Gasteiger partial charge in [0.15, 0.2) is 5.76 Å².